The lowest BCUT2D eigenvalue weighted by molar-refractivity contribution is 0.173. The molecule has 0 amide bonds. The van der Waals surface area contributed by atoms with Gasteiger partial charge in [0.15, 0.2) is 29.0 Å². The second-order valence-electron chi connectivity index (χ2n) is 5.56. The van der Waals surface area contributed by atoms with Crippen LogP contribution in [0, 0.1) is 0 Å². The van der Waals surface area contributed by atoms with E-state index in [4.69, 9.17) is 23.7 Å². The van der Waals surface area contributed by atoms with Gasteiger partial charge in [-0.2, -0.15) is 0 Å². The van der Waals surface area contributed by atoms with E-state index in [1.165, 1.54) is 0 Å². The third-order valence-electron chi connectivity index (χ3n) is 3.88. The van der Waals surface area contributed by atoms with Crippen LogP contribution in [-0.2, 0) is 0 Å². The van der Waals surface area contributed by atoms with Gasteiger partial charge in [0.25, 0.3) is 0 Å². The van der Waals surface area contributed by atoms with Gasteiger partial charge in [0.1, 0.15) is 12.4 Å². The van der Waals surface area contributed by atoms with Crippen LogP contribution in [0.5, 0.6) is 28.7 Å². The Kier molecular flexibility index (Phi) is 6.09. The van der Waals surface area contributed by atoms with Crippen molar-refractivity contribution in [2.75, 3.05) is 46.5 Å². The fourth-order valence-electron chi connectivity index (χ4n) is 2.53. The maximum Gasteiger partial charge on any atom is 0.231 e. The summed E-state index contributed by atoms with van der Waals surface area (Å²) in [6.07, 6.45) is 0. The van der Waals surface area contributed by atoms with Gasteiger partial charge in [-0.05, 0) is 24.3 Å². The van der Waals surface area contributed by atoms with E-state index in [1.807, 2.05) is 36.4 Å². The van der Waals surface area contributed by atoms with E-state index in [2.05, 4.69) is 15.6 Å². The van der Waals surface area contributed by atoms with Crippen molar-refractivity contribution in [3.05, 3.63) is 36.4 Å². The molecule has 3 rings (SSSR count). The second kappa shape index (κ2) is 8.88. The van der Waals surface area contributed by atoms with Gasteiger partial charge in [0, 0.05) is 24.9 Å². The minimum absolute atomic E-state index is 0.248. The van der Waals surface area contributed by atoms with Gasteiger partial charge in [0.2, 0.25) is 6.79 Å². The van der Waals surface area contributed by atoms with Crippen molar-refractivity contribution in [1.29, 1.82) is 0 Å². The van der Waals surface area contributed by atoms with Crippen LogP contribution >= 0.6 is 0 Å². The SMILES string of the molecule is CN=C(NCCOc1ccc2c(c1)OCO2)Nc1ccc(OC)c(OC)c1. The Hall–Kier alpha value is -3.29. The Balaban J connectivity index is 1.48. The average Bonchev–Trinajstić information content (AvgIpc) is 3.17. The number of benzene rings is 2. The third kappa shape index (κ3) is 4.66. The van der Waals surface area contributed by atoms with Crippen LogP contribution in [0.3, 0.4) is 0 Å². The summed E-state index contributed by atoms with van der Waals surface area (Å²) in [4.78, 5) is 4.20. The Bertz CT molecular complexity index is 810. The summed E-state index contributed by atoms with van der Waals surface area (Å²) in [6.45, 7) is 1.28. The molecule has 0 atom stereocenters. The molecule has 0 unspecified atom stereocenters. The summed E-state index contributed by atoms with van der Waals surface area (Å²) in [7, 11) is 4.91. The quantitative estimate of drug-likeness (QED) is 0.438. The number of anilines is 1. The Morgan fingerprint density at radius 3 is 2.63 bits per heavy atom. The number of guanidine groups is 1. The number of ether oxygens (including phenoxy) is 5. The van der Waals surface area contributed by atoms with Crippen LogP contribution in [0.1, 0.15) is 0 Å². The lowest BCUT2D eigenvalue weighted by Gasteiger charge is -2.14. The van der Waals surface area contributed by atoms with Crippen molar-refractivity contribution in [2.45, 2.75) is 0 Å². The standard InChI is InChI=1S/C19H23N3O5/c1-20-19(22-13-4-6-15(23-2)17(10-13)24-3)21-8-9-25-14-5-7-16-18(11-14)27-12-26-16/h4-7,10-11H,8-9,12H2,1-3H3,(H2,20,21,22). The number of nitrogens with zero attached hydrogens (tertiary/aromatic N) is 1. The molecule has 2 N–H and O–H groups in total. The predicted octanol–water partition coefficient (Wildman–Crippen LogP) is 2.50. The molecule has 0 saturated carbocycles. The van der Waals surface area contributed by atoms with Crippen molar-refractivity contribution >= 4 is 11.6 Å². The van der Waals surface area contributed by atoms with E-state index in [0.717, 1.165) is 17.2 Å². The fraction of sp³-hybridized carbons (Fsp3) is 0.316. The molecule has 2 aromatic rings. The number of hydrogen-bond donors (Lipinski definition) is 2. The number of nitrogens with one attached hydrogen (secondary N) is 2. The predicted molar refractivity (Wildman–Crippen MR) is 103 cm³/mol. The summed E-state index contributed by atoms with van der Waals surface area (Å²) in [6, 6.07) is 11.1. The van der Waals surface area contributed by atoms with Gasteiger partial charge in [0.05, 0.1) is 20.8 Å². The molecule has 0 radical (unpaired) electrons. The first kappa shape index (κ1) is 18.5. The Morgan fingerprint density at radius 1 is 1.04 bits per heavy atom. The molecular formula is C19H23N3O5. The van der Waals surface area contributed by atoms with Crippen LogP contribution < -0.4 is 34.3 Å². The van der Waals surface area contributed by atoms with Crippen LogP contribution in [-0.4, -0.2) is 47.2 Å². The van der Waals surface area contributed by atoms with E-state index in [-0.39, 0.29) is 6.79 Å². The minimum Gasteiger partial charge on any atom is -0.493 e. The molecular weight excluding hydrogens is 350 g/mol. The highest BCUT2D eigenvalue weighted by molar-refractivity contribution is 5.93. The number of fused-ring (bicyclic) bond motifs is 1. The highest BCUT2D eigenvalue weighted by atomic mass is 16.7. The summed E-state index contributed by atoms with van der Waals surface area (Å²) < 4.78 is 26.9. The van der Waals surface area contributed by atoms with E-state index >= 15 is 0 Å². The molecule has 0 aliphatic carbocycles. The van der Waals surface area contributed by atoms with Gasteiger partial charge in [-0.1, -0.05) is 0 Å². The fourth-order valence-corrected chi connectivity index (χ4v) is 2.53. The Labute approximate surface area is 158 Å². The van der Waals surface area contributed by atoms with Gasteiger partial charge < -0.3 is 34.3 Å². The van der Waals surface area contributed by atoms with Crippen molar-refractivity contribution in [3.8, 4) is 28.7 Å². The zero-order valence-electron chi connectivity index (χ0n) is 15.6. The maximum absolute atomic E-state index is 5.73. The molecule has 1 aliphatic rings. The number of aliphatic imine (C=N–C) groups is 1. The van der Waals surface area contributed by atoms with Crippen molar-refractivity contribution in [1.82, 2.24) is 5.32 Å². The lowest BCUT2D eigenvalue weighted by Crippen LogP contribution is -2.33. The van der Waals surface area contributed by atoms with Crippen molar-refractivity contribution < 1.29 is 23.7 Å². The number of hydrogen-bond acceptors (Lipinski definition) is 6. The van der Waals surface area contributed by atoms with Gasteiger partial charge in [-0.15, -0.1) is 0 Å². The molecule has 1 heterocycles. The van der Waals surface area contributed by atoms with E-state index in [0.29, 0.717) is 36.4 Å². The first-order valence-electron chi connectivity index (χ1n) is 8.45. The summed E-state index contributed by atoms with van der Waals surface area (Å²) in [5, 5.41) is 6.39. The molecule has 0 aromatic heterocycles. The maximum atomic E-state index is 5.73. The molecule has 0 fully saturated rings. The highest BCUT2D eigenvalue weighted by Crippen LogP contribution is 2.35. The molecule has 0 saturated heterocycles. The van der Waals surface area contributed by atoms with Crippen molar-refractivity contribution in [2.24, 2.45) is 4.99 Å². The largest absolute Gasteiger partial charge is 0.493 e. The smallest absolute Gasteiger partial charge is 0.231 e. The monoisotopic (exact) mass is 373 g/mol. The van der Waals surface area contributed by atoms with Gasteiger partial charge in [-0.3, -0.25) is 4.99 Å². The molecule has 0 bridgehead atoms. The van der Waals surface area contributed by atoms with Gasteiger partial charge in [-0.25, -0.2) is 0 Å². The minimum atomic E-state index is 0.248. The molecule has 144 valence electrons. The van der Waals surface area contributed by atoms with E-state index in [1.54, 1.807) is 21.3 Å². The normalized spacial score (nSPS) is 12.5. The van der Waals surface area contributed by atoms with Crippen LogP contribution in [0.2, 0.25) is 0 Å². The number of rotatable bonds is 7. The molecule has 8 nitrogen and oxygen atoms in total. The number of methoxy groups -OCH3 is 2. The first-order chi connectivity index (χ1) is 13.2. The van der Waals surface area contributed by atoms with Crippen LogP contribution in [0.4, 0.5) is 5.69 Å². The zero-order valence-corrected chi connectivity index (χ0v) is 15.6. The van der Waals surface area contributed by atoms with Crippen LogP contribution in [0.15, 0.2) is 41.4 Å². The van der Waals surface area contributed by atoms with Crippen LogP contribution in [0.25, 0.3) is 0 Å². The van der Waals surface area contributed by atoms with Gasteiger partial charge >= 0.3 is 0 Å². The average molecular weight is 373 g/mol. The molecule has 8 heteroatoms. The molecule has 2 aromatic carbocycles. The second-order valence-corrected chi connectivity index (χ2v) is 5.56. The lowest BCUT2D eigenvalue weighted by atomic mass is 10.3. The van der Waals surface area contributed by atoms with Crippen molar-refractivity contribution in [3.63, 3.8) is 0 Å². The highest BCUT2D eigenvalue weighted by Gasteiger charge is 2.13. The molecule has 27 heavy (non-hydrogen) atoms. The summed E-state index contributed by atoms with van der Waals surface area (Å²) in [5.41, 5.74) is 0.831. The summed E-state index contributed by atoms with van der Waals surface area (Å²) >= 11 is 0. The zero-order chi connectivity index (χ0) is 19.1. The van der Waals surface area contributed by atoms with E-state index < -0.39 is 0 Å². The first-order valence-corrected chi connectivity index (χ1v) is 8.45. The third-order valence-corrected chi connectivity index (χ3v) is 3.88. The molecule has 1 aliphatic heterocycles. The summed E-state index contributed by atoms with van der Waals surface area (Å²) in [5.74, 6) is 4.10. The molecule has 0 spiro atoms. The Morgan fingerprint density at radius 2 is 1.85 bits per heavy atom. The topological polar surface area (TPSA) is 82.6 Å². The van der Waals surface area contributed by atoms with E-state index in [9.17, 15) is 0 Å².